The number of phenols is 1. The molecule has 0 saturated carbocycles. The number of carbonyl (C=O) groups excluding carboxylic acids is 1. The molecular formula is C16H10Br2ClNO3. The maximum absolute atomic E-state index is 12.3. The van der Waals surface area contributed by atoms with E-state index in [1.165, 1.54) is 7.11 Å². The number of amides is 1. The molecule has 0 spiro atoms. The number of aromatic hydroxyl groups is 1. The van der Waals surface area contributed by atoms with E-state index in [1.54, 1.807) is 18.2 Å². The minimum atomic E-state index is -0.207. The summed E-state index contributed by atoms with van der Waals surface area (Å²) in [5, 5.41) is 12.8. The molecule has 0 saturated heterocycles. The third-order valence-corrected chi connectivity index (χ3v) is 4.78. The summed E-state index contributed by atoms with van der Waals surface area (Å²) in [5.74, 6) is -0.0848. The Kier molecular flexibility index (Phi) is 4.40. The number of rotatable bonds is 2. The van der Waals surface area contributed by atoms with Crippen LogP contribution in [0.3, 0.4) is 0 Å². The van der Waals surface area contributed by atoms with Crippen LogP contribution in [0.25, 0.3) is 11.6 Å². The fourth-order valence-electron chi connectivity index (χ4n) is 2.36. The molecule has 23 heavy (non-hydrogen) atoms. The molecule has 2 aromatic carbocycles. The highest BCUT2D eigenvalue weighted by Gasteiger charge is 2.26. The molecule has 0 aliphatic carbocycles. The van der Waals surface area contributed by atoms with Gasteiger partial charge in [0.25, 0.3) is 5.91 Å². The fraction of sp³-hybridized carbons (Fsp3) is 0.0625. The van der Waals surface area contributed by atoms with E-state index in [9.17, 15) is 9.90 Å². The van der Waals surface area contributed by atoms with Gasteiger partial charge < -0.3 is 15.2 Å². The van der Waals surface area contributed by atoms with Crippen LogP contribution in [0.15, 0.2) is 33.2 Å². The lowest BCUT2D eigenvalue weighted by Gasteiger charge is -2.07. The standard InChI is InChI=1S/C16H10Br2ClNO3/c1-23-13-4-7(3-12(19)15(13)21)2-10-9-5-8(17)6-11(18)14(9)20-16(10)22/h2-6,21H,1H3,(H,20,22)/b10-2+. The maximum Gasteiger partial charge on any atom is 0.256 e. The molecule has 1 heterocycles. The molecule has 7 heteroatoms. The van der Waals surface area contributed by atoms with Crippen molar-refractivity contribution in [3.8, 4) is 11.5 Å². The van der Waals surface area contributed by atoms with Crippen molar-refractivity contribution in [1.29, 1.82) is 0 Å². The quantitative estimate of drug-likeness (QED) is 0.617. The Labute approximate surface area is 154 Å². The first-order valence-corrected chi connectivity index (χ1v) is 8.46. The number of carbonyl (C=O) groups is 1. The number of anilines is 1. The zero-order chi connectivity index (χ0) is 16.7. The zero-order valence-electron chi connectivity index (χ0n) is 11.8. The maximum atomic E-state index is 12.3. The second kappa shape index (κ2) is 6.19. The van der Waals surface area contributed by atoms with Crippen LogP contribution in [0.2, 0.25) is 5.02 Å². The van der Waals surface area contributed by atoms with Crippen LogP contribution in [0.4, 0.5) is 5.69 Å². The second-order valence-corrected chi connectivity index (χ2v) is 7.05. The van der Waals surface area contributed by atoms with Gasteiger partial charge in [0.05, 0.1) is 17.8 Å². The van der Waals surface area contributed by atoms with Gasteiger partial charge in [-0.2, -0.15) is 0 Å². The third-order valence-electron chi connectivity index (χ3n) is 3.41. The normalized spacial score (nSPS) is 14.8. The van der Waals surface area contributed by atoms with Crippen molar-refractivity contribution >= 4 is 66.7 Å². The number of methoxy groups -OCH3 is 1. The highest BCUT2D eigenvalue weighted by molar-refractivity contribution is 9.11. The number of hydrogen-bond acceptors (Lipinski definition) is 3. The summed E-state index contributed by atoms with van der Waals surface area (Å²) in [6.45, 7) is 0. The van der Waals surface area contributed by atoms with E-state index in [-0.39, 0.29) is 22.4 Å². The van der Waals surface area contributed by atoms with Crippen molar-refractivity contribution < 1.29 is 14.6 Å². The van der Waals surface area contributed by atoms with Crippen LogP contribution < -0.4 is 10.1 Å². The molecule has 0 unspecified atom stereocenters. The molecule has 2 N–H and O–H groups in total. The molecule has 1 amide bonds. The van der Waals surface area contributed by atoms with Crippen LogP contribution >= 0.6 is 43.5 Å². The van der Waals surface area contributed by atoms with E-state index in [0.29, 0.717) is 11.1 Å². The van der Waals surface area contributed by atoms with Crippen molar-refractivity contribution in [3.63, 3.8) is 0 Å². The Balaban J connectivity index is 2.15. The first kappa shape index (κ1) is 16.4. The van der Waals surface area contributed by atoms with Crippen LogP contribution in [0.5, 0.6) is 11.5 Å². The van der Waals surface area contributed by atoms with Gasteiger partial charge in [-0.25, -0.2) is 0 Å². The van der Waals surface area contributed by atoms with Gasteiger partial charge in [-0.05, 0) is 51.8 Å². The van der Waals surface area contributed by atoms with Crippen molar-refractivity contribution in [2.75, 3.05) is 12.4 Å². The highest BCUT2D eigenvalue weighted by atomic mass is 79.9. The van der Waals surface area contributed by atoms with E-state index in [2.05, 4.69) is 37.2 Å². The summed E-state index contributed by atoms with van der Waals surface area (Å²) < 4.78 is 6.73. The Morgan fingerprint density at radius 1 is 1.26 bits per heavy atom. The van der Waals surface area contributed by atoms with Crippen molar-refractivity contribution in [1.82, 2.24) is 0 Å². The predicted octanol–water partition coefficient (Wildman–Crippen LogP) is 5.07. The Bertz CT molecular complexity index is 865. The van der Waals surface area contributed by atoms with Gasteiger partial charge in [0.15, 0.2) is 11.5 Å². The van der Waals surface area contributed by atoms with Gasteiger partial charge in [-0.15, -0.1) is 0 Å². The molecule has 0 aromatic heterocycles. The Morgan fingerprint density at radius 2 is 2.00 bits per heavy atom. The summed E-state index contributed by atoms with van der Waals surface area (Å²) in [5.41, 5.74) is 2.66. The molecule has 0 bridgehead atoms. The predicted molar refractivity (Wildman–Crippen MR) is 98.0 cm³/mol. The average Bonchev–Trinajstić information content (AvgIpc) is 2.80. The largest absolute Gasteiger partial charge is 0.503 e. The topological polar surface area (TPSA) is 58.6 Å². The van der Waals surface area contributed by atoms with Gasteiger partial charge >= 0.3 is 0 Å². The van der Waals surface area contributed by atoms with Crippen molar-refractivity contribution in [2.24, 2.45) is 0 Å². The van der Waals surface area contributed by atoms with Gasteiger partial charge in [0, 0.05) is 20.1 Å². The molecule has 2 aromatic rings. The first-order valence-electron chi connectivity index (χ1n) is 6.49. The van der Waals surface area contributed by atoms with Crippen molar-refractivity contribution in [3.05, 3.63) is 49.4 Å². The van der Waals surface area contributed by atoms with Crippen molar-refractivity contribution in [2.45, 2.75) is 0 Å². The molecule has 0 fully saturated rings. The Hall–Kier alpha value is -1.50. The van der Waals surface area contributed by atoms with Gasteiger partial charge in [0.1, 0.15) is 0 Å². The lowest BCUT2D eigenvalue weighted by molar-refractivity contribution is -0.110. The molecule has 3 rings (SSSR count). The van der Waals surface area contributed by atoms with Crippen LogP contribution in [-0.4, -0.2) is 18.1 Å². The molecule has 1 aliphatic rings. The summed E-state index contributed by atoms with van der Waals surface area (Å²) >= 11 is 12.9. The van der Waals surface area contributed by atoms with Gasteiger partial charge in [-0.1, -0.05) is 27.5 Å². The van der Waals surface area contributed by atoms with E-state index in [0.717, 1.165) is 20.2 Å². The molecule has 118 valence electrons. The van der Waals surface area contributed by atoms with E-state index >= 15 is 0 Å². The SMILES string of the molecule is COc1cc(/C=C2/C(=O)Nc3c(Br)cc(Br)cc32)cc(Cl)c1O. The number of fused-ring (bicyclic) bond motifs is 1. The minimum Gasteiger partial charge on any atom is -0.503 e. The number of halogens is 3. The monoisotopic (exact) mass is 457 g/mol. The highest BCUT2D eigenvalue weighted by Crippen LogP contribution is 2.41. The molecule has 1 aliphatic heterocycles. The molecule has 0 atom stereocenters. The number of hydrogen-bond donors (Lipinski definition) is 2. The zero-order valence-corrected chi connectivity index (χ0v) is 15.7. The smallest absolute Gasteiger partial charge is 0.256 e. The summed E-state index contributed by atoms with van der Waals surface area (Å²) in [6.07, 6.45) is 1.70. The first-order chi connectivity index (χ1) is 10.9. The second-order valence-electron chi connectivity index (χ2n) is 4.88. The van der Waals surface area contributed by atoms with E-state index < -0.39 is 0 Å². The van der Waals surface area contributed by atoms with Gasteiger partial charge in [-0.3, -0.25) is 4.79 Å². The van der Waals surface area contributed by atoms with Gasteiger partial charge in [0.2, 0.25) is 0 Å². The fourth-order valence-corrected chi connectivity index (χ4v) is 3.90. The summed E-state index contributed by atoms with van der Waals surface area (Å²) in [7, 11) is 1.44. The van der Waals surface area contributed by atoms with E-state index in [1.807, 2.05) is 12.1 Å². The lowest BCUT2D eigenvalue weighted by Crippen LogP contribution is -2.03. The Morgan fingerprint density at radius 3 is 2.70 bits per heavy atom. The number of phenolic OH excluding ortho intramolecular Hbond substituents is 1. The third kappa shape index (κ3) is 2.98. The number of benzene rings is 2. The van der Waals surface area contributed by atoms with E-state index in [4.69, 9.17) is 16.3 Å². The van der Waals surface area contributed by atoms with Crippen LogP contribution in [-0.2, 0) is 4.79 Å². The van der Waals surface area contributed by atoms with Crippen LogP contribution in [0.1, 0.15) is 11.1 Å². The minimum absolute atomic E-state index is 0.127. The molecule has 4 nitrogen and oxygen atoms in total. The lowest BCUT2D eigenvalue weighted by atomic mass is 10.0. The molecule has 0 radical (unpaired) electrons. The van der Waals surface area contributed by atoms with Crippen LogP contribution in [0, 0.1) is 0 Å². The number of ether oxygens (including phenoxy) is 1. The summed E-state index contributed by atoms with van der Waals surface area (Å²) in [4.78, 5) is 12.3. The average molecular weight is 460 g/mol. The number of nitrogens with one attached hydrogen (secondary N) is 1. The summed E-state index contributed by atoms with van der Waals surface area (Å²) in [6, 6.07) is 6.92. The molecular weight excluding hydrogens is 449 g/mol.